The number of rotatable bonds is 5. The molecule has 1 aliphatic heterocycles. The van der Waals surface area contributed by atoms with Crippen molar-refractivity contribution >= 4 is 11.7 Å². The zero-order chi connectivity index (χ0) is 20.1. The van der Waals surface area contributed by atoms with Gasteiger partial charge in [0, 0.05) is 25.0 Å². The van der Waals surface area contributed by atoms with E-state index in [1.54, 1.807) is 6.20 Å². The molecule has 5 nitrogen and oxygen atoms in total. The molecule has 1 N–H and O–H groups in total. The Balaban J connectivity index is 1.44. The van der Waals surface area contributed by atoms with E-state index >= 15 is 0 Å². The molecule has 0 radical (unpaired) electrons. The van der Waals surface area contributed by atoms with E-state index in [2.05, 4.69) is 29.4 Å². The minimum atomic E-state index is 0.103. The van der Waals surface area contributed by atoms with Crippen molar-refractivity contribution in [2.24, 2.45) is 5.92 Å². The molecule has 2 fully saturated rings. The van der Waals surface area contributed by atoms with Gasteiger partial charge in [-0.15, -0.1) is 0 Å². The van der Waals surface area contributed by atoms with E-state index in [-0.39, 0.29) is 17.9 Å². The van der Waals surface area contributed by atoms with Crippen LogP contribution in [0.15, 0.2) is 36.5 Å². The van der Waals surface area contributed by atoms with E-state index in [1.165, 1.54) is 6.42 Å². The molecule has 29 heavy (non-hydrogen) atoms. The second-order valence-corrected chi connectivity index (χ2v) is 8.16. The van der Waals surface area contributed by atoms with E-state index < -0.39 is 0 Å². The molecule has 1 saturated carbocycles. The minimum Gasteiger partial charge on any atom is -0.490 e. The van der Waals surface area contributed by atoms with Crippen LogP contribution < -0.4 is 10.1 Å². The monoisotopic (exact) mass is 394 g/mol. The number of aromatic nitrogens is 1. The zero-order valence-corrected chi connectivity index (χ0v) is 17.2. The lowest BCUT2D eigenvalue weighted by molar-refractivity contribution is -0.120. The predicted molar refractivity (Wildman–Crippen MR) is 114 cm³/mol. The fraction of sp³-hybridized carbons (Fsp3) is 0.500. The second-order valence-electron chi connectivity index (χ2n) is 8.16. The van der Waals surface area contributed by atoms with Gasteiger partial charge in [0.2, 0.25) is 5.91 Å². The lowest BCUT2D eigenvalue weighted by atomic mass is 9.89. The summed E-state index contributed by atoms with van der Waals surface area (Å²) in [5.74, 6) is 1.78. The number of nitrogens with one attached hydrogen (secondary N) is 1. The maximum absolute atomic E-state index is 12.5. The summed E-state index contributed by atoms with van der Waals surface area (Å²) in [6, 6.07) is 10.2. The summed E-state index contributed by atoms with van der Waals surface area (Å²) >= 11 is 0. The summed E-state index contributed by atoms with van der Waals surface area (Å²) in [6.07, 6.45) is 9.37. The van der Waals surface area contributed by atoms with Gasteiger partial charge in [-0.25, -0.2) is 4.98 Å². The number of carbonyl (C=O) groups excluding carboxylic acids is 1. The van der Waals surface area contributed by atoms with Crippen LogP contribution >= 0.6 is 0 Å². The number of ether oxygens (including phenoxy) is 2. The molecule has 1 aliphatic carbocycles. The lowest BCUT2D eigenvalue weighted by Crippen LogP contribution is -2.26. The Morgan fingerprint density at radius 3 is 2.55 bits per heavy atom. The number of amides is 1. The van der Waals surface area contributed by atoms with Gasteiger partial charge in [0.25, 0.3) is 0 Å². The van der Waals surface area contributed by atoms with E-state index in [0.29, 0.717) is 5.82 Å². The fourth-order valence-electron chi connectivity index (χ4n) is 4.21. The largest absolute Gasteiger partial charge is 0.490 e. The molecule has 2 heterocycles. The predicted octanol–water partition coefficient (Wildman–Crippen LogP) is 5.13. The van der Waals surface area contributed by atoms with Gasteiger partial charge in [-0.3, -0.25) is 4.79 Å². The maximum atomic E-state index is 12.5. The Bertz CT molecular complexity index is 840. The molecule has 1 aromatic carbocycles. The average Bonchev–Trinajstić information content (AvgIpc) is 2.77. The first-order valence-electron chi connectivity index (χ1n) is 10.8. The molecule has 4 rings (SSSR count). The summed E-state index contributed by atoms with van der Waals surface area (Å²) < 4.78 is 11.6. The van der Waals surface area contributed by atoms with Gasteiger partial charge in [-0.1, -0.05) is 25.3 Å². The number of nitrogens with zero attached hydrogens (tertiary/aromatic N) is 1. The summed E-state index contributed by atoms with van der Waals surface area (Å²) in [6.45, 7) is 3.62. The zero-order valence-electron chi connectivity index (χ0n) is 17.2. The highest BCUT2D eigenvalue weighted by atomic mass is 16.5. The third kappa shape index (κ3) is 5.15. The quantitative estimate of drug-likeness (QED) is 0.763. The van der Waals surface area contributed by atoms with E-state index in [0.717, 1.165) is 74.2 Å². The third-order valence-corrected chi connectivity index (χ3v) is 5.96. The molecule has 1 saturated heterocycles. The molecule has 2 aliphatic rings. The van der Waals surface area contributed by atoms with E-state index in [4.69, 9.17) is 9.47 Å². The van der Waals surface area contributed by atoms with Crippen LogP contribution in [-0.4, -0.2) is 30.2 Å². The Morgan fingerprint density at radius 1 is 1.03 bits per heavy atom. The molecule has 0 bridgehead atoms. The fourth-order valence-corrected chi connectivity index (χ4v) is 4.21. The van der Waals surface area contributed by atoms with Gasteiger partial charge in [-0.2, -0.15) is 0 Å². The van der Waals surface area contributed by atoms with Gasteiger partial charge >= 0.3 is 0 Å². The summed E-state index contributed by atoms with van der Waals surface area (Å²) in [5, 5.41) is 3.02. The van der Waals surface area contributed by atoms with Crippen molar-refractivity contribution in [2.45, 2.75) is 58.0 Å². The van der Waals surface area contributed by atoms with Crippen LogP contribution in [0, 0.1) is 12.8 Å². The average molecular weight is 395 g/mol. The number of aryl methyl sites for hydroxylation is 1. The number of hydrogen-bond acceptors (Lipinski definition) is 4. The van der Waals surface area contributed by atoms with Gasteiger partial charge in [-0.05, 0) is 60.7 Å². The maximum Gasteiger partial charge on any atom is 0.228 e. The molecule has 1 amide bonds. The number of benzene rings is 1. The van der Waals surface area contributed by atoms with Crippen LogP contribution in [0.4, 0.5) is 5.82 Å². The minimum absolute atomic E-state index is 0.103. The molecule has 154 valence electrons. The SMILES string of the molecule is Cc1cc(-c2ccnc(NC(=O)C3CCCCC3)c2)ccc1OC1CCOCC1. The lowest BCUT2D eigenvalue weighted by Gasteiger charge is -2.24. The molecule has 5 heteroatoms. The van der Waals surface area contributed by atoms with Gasteiger partial charge in [0.15, 0.2) is 0 Å². The highest BCUT2D eigenvalue weighted by Crippen LogP contribution is 2.29. The van der Waals surface area contributed by atoms with Crippen LogP contribution in [0.1, 0.15) is 50.5 Å². The van der Waals surface area contributed by atoms with Crippen molar-refractivity contribution in [3.63, 3.8) is 0 Å². The van der Waals surface area contributed by atoms with Gasteiger partial charge in [0.05, 0.1) is 13.2 Å². The number of pyridine rings is 1. The first-order valence-corrected chi connectivity index (χ1v) is 10.8. The van der Waals surface area contributed by atoms with Gasteiger partial charge < -0.3 is 14.8 Å². The van der Waals surface area contributed by atoms with Crippen LogP contribution in [0.25, 0.3) is 11.1 Å². The van der Waals surface area contributed by atoms with Crippen LogP contribution in [0.2, 0.25) is 0 Å². The van der Waals surface area contributed by atoms with Crippen LogP contribution in [0.5, 0.6) is 5.75 Å². The highest BCUT2D eigenvalue weighted by Gasteiger charge is 2.21. The molecular weight excluding hydrogens is 364 g/mol. The topological polar surface area (TPSA) is 60.5 Å². The number of carbonyl (C=O) groups is 1. The molecule has 0 atom stereocenters. The molecule has 1 aromatic heterocycles. The number of anilines is 1. The van der Waals surface area contributed by atoms with Crippen molar-refractivity contribution in [1.82, 2.24) is 4.98 Å². The van der Waals surface area contributed by atoms with Crippen molar-refractivity contribution in [2.75, 3.05) is 18.5 Å². The number of hydrogen-bond donors (Lipinski definition) is 1. The smallest absolute Gasteiger partial charge is 0.228 e. The Labute approximate surface area is 172 Å². The third-order valence-electron chi connectivity index (χ3n) is 5.96. The second kappa shape index (κ2) is 9.40. The Kier molecular flexibility index (Phi) is 6.45. The summed E-state index contributed by atoms with van der Waals surface area (Å²) in [7, 11) is 0. The van der Waals surface area contributed by atoms with Crippen molar-refractivity contribution in [3.8, 4) is 16.9 Å². The molecule has 2 aromatic rings. The standard InChI is InChI=1S/C24H30N2O3/c1-17-15-19(7-8-22(17)29-21-10-13-28-14-11-21)20-9-12-25-23(16-20)26-24(27)18-5-3-2-4-6-18/h7-9,12,15-16,18,21H,2-6,10-11,13-14H2,1H3,(H,25,26,27). The highest BCUT2D eigenvalue weighted by molar-refractivity contribution is 5.92. The normalized spacial score (nSPS) is 18.4. The van der Waals surface area contributed by atoms with Crippen molar-refractivity contribution in [1.29, 1.82) is 0 Å². The summed E-state index contributed by atoms with van der Waals surface area (Å²) in [5.41, 5.74) is 3.25. The molecule has 0 spiro atoms. The molecule has 0 unspecified atom stereocenters. The Hall–Kier alpha value is -2.40. The van der Waals surface area contributed by atoms with Crippen molar-refractivity contribution < 1.29 is 14.3 Å². The molecular formula is C24H30N2O3. The first-order chi connectivity index (χ1) is 14.2. The first kappa shape index (κ1) is 19.9. The Morgan fingerprint density at radius 2 is 1.79 bits per heavy atom. The van der Waals surface area contributed by atoms with E-state index in [1.807, 2.05) is 18.2 Å². The van der Waals surface area contributed by atoms with Crippen molar-refractivity contribution in [3.05, 3.63) is 42.1 Å². The van der Waals surface area contributed by atoms with Gasteiger partial charge in [0.1, 0.15) is 17.7 Å². The van der Waals surface area contributed by atoms with Crippen LogP contribution in [0.3, 0.4) is 0 Å². The van der Waals surface area contributed by atoms with Crippen LogP contribution in [-0.2, 0) is 9.53 Å². The van der Waals surface area contributed by atoms with E-state index in [9.17, 15) is 4.79 Å². The summed E-state index contributed by atoms with van der Waals surface area (Å²) in [4.78, 5) is 16.9.